The van der Waals surface area contributed by atoms with Crippen LogP contribution >= 0.6 is 0 Å². The molecule has 1 aliphatic carbocycles. The van der Waals surface area contributed by atoms with Crippen molar-refractivity contribution in [3.05, 3.63) is 0 Å². The summed E-state index contributed by atoms with van der Waals surface area (Å²) in [6, 6.07) is 0.965. The Morgan fingerprint density at radius 3 is 3.00 bits per heavy atom. The maximum Gasteiger partial charge on any atom is 0.00977 e. The zero-order valence-corrected chi connectivity index (χ0v) is 7.55. The second-order valence-corrected chi connectivity index (χ2v) is 4.10. The van der Waals surface area contributed by atoms with Crippen molar-refractivity contribution in [3.8, 4) is 0 Å². The van der Waals surface area contributed by atoms with E-state index in [1.165, 1.54) is 45.2 Å². The van der Waals surface area contributed by atoms with Gasteiger partial charge in [-0.05, 0) is 38.3 Å². The van der Waals surface area contributed by atoms with Crippen LogP contribution in [0.4, 0.5) is 0 Å². The van der Waals surface area contributed by atoms with Crippen molar-refractivity contribution in [1.29, 1.82) is 0 Å². The summed E-state index contributed by atoms with van der Waals surface area (Å²) in [4.78, 5) is 2.68. The third-order valence-electron chi connectivity index (χ3n) is 3.50. The second kappa shape index (κ2) is 3.14. The summed E-state index contributed by atoms with van der Waals surface area (Å²) in [5.74, 6) is 1.09. The number of fused-ring (bicyclic) bond motifs is 2. The number of likely N-dealkylation sites (tertiary alicyclic amines) is 1. The smallest absolute Gasteiger partial charge is 0.00977 e. The number of hydrogen-bond acceptors (Lipinski definition) is 1. The molecule has 1 nitrogen and oxygen atoms in total. The molecule has 11 heavy (non-hydrogen) atoms. The van der Waals surface area contributed by atoms with Crippen LogP contribution in [0.3, 0.4) is 0 Å². The quantitative estimate of drug-likeness (QED) is 0.558. The van der Waals surface area contributed by atoms with Crippen molar-refractivity contribution in [2.24, 2.45) is 5.92 Å². The molecule has 1 heteroatoms. The molecule has 1 saturated heterocycles. The molecule has 0 aromatic rings. The molecule has 0 amide bonds. The van der Waals surface area contributed by atoms with E-state index in [1.54, 1.807) is 0 Å². The van der Waals surface area contributed by atoms with Crippen molar-refractivity contribution in [2.75, 3.05) is 13.1 Å². The minimum atomic E-state index is 0.965. The van der Waals surface area contributed by atoms with Gasteiger partial charge in [0.05, 0.1) is 0 Å². The lowest BCUT2D eigenvalue weighted by Gasteiger charge is -2.42. The molecule has 0 aromatic heterocycles. The molecule has 0 radical (unpaired) electrons. The van der Waals surface area contributed by atoms with Crippen LogP contribution in [0, 0.1) is 5.92 Å². The standard InChI is InChI=1S/C10H19N/c1-2-11-7-6-9-4-3-5-10(11)8-9/h9-10H,2-8H2,1H3. The van der Waals surface area contributed by atoms with Crippen molar-refractivity contribution in [2.45, 2.75) is 45.1 Å². The summed E-state index contributed by atoms with van der Waals surface area (Å²) in [7, 11) is 0. The first-order chi connectivity index (χ1) is 5.40. The van der Waals surface area contributed by atoms with Gasteiger partial charge in [0, 0.05) is 6.04 Å². The number of nitrogens with zero attached hydrogens (tertiary/aromatic N) is 1. The topological polar surface area (TPSA) is 3.24 Å². The Balaban J connectivity index is 1.97. The van der Waals surface area contributed by atoms with Gasteiger partial charge in [-0.2, -0.15) is 0 Å². The number of rotatable bonds is 1. The van der Waals surface area contributed by atoms with Crippen LogP contribution in [0.5, 0.6) is 0 Å². The molecule has 2 aliphatic rings. The first-order valence-electron chi connectivity index (χ1n) is 5.14. The highest BCUT2D eigenvalue weighted by Crippen LogP contribution is 2.34. The van der Waals surface area contributed by atoms with Crippen LogP contribution in [0.15, 0.2) is 0 Å². The lowest BCUT2D eigenvalue weighted by Crippen LogP contribution is -2.44. The molecule has 0 spiro atoms. The molecule has 0 aromatic carbocycles. The summed E-state index contributed by atoms with van der Waals surface area (Å²) in [5, 5.41) is 0. The van der Waals surface area contributed by atoms with Crippen LogP contribution in [0.25, 0.3) is 0 Å². The molecular formula is C10H19N. The lowest BCUT2D eigenvalue weighted by atomic mass is 9.80. The van der Waals surface area contributed by atoms with Gasteiger partial charge in [-0.15, -0.1) is 0 Å². The molecule has 1 aliphatic heterocycles. The summed E-state index contributed by atoms with van der Waals surface area (Å²) in [6.45, 7) is 4.96. The minimum Gasteiger partial charge on any atom is -0.301 e. The Hall–Kier alpha value is -0.0400. The molecule has 2 atom stereocenters. The predicted molar refractivity (Wildman–Crippen MR) is 47.6 cm³/mol. The first-order valence-corrected chi connectivity index (χ1v) is 5.14. The zero-order valence-electron chi connectivity index (χ0n) is 7.55. The van der Waals surface area contributed by atoms with Gasteiger partial charge in [0.15, 0.2) is 0 Å². The third-order valence-corrected chi connectivity index (χ3v) is 3.50. The van der Waals surface area contributed by atoms with E-state index in [4.69, 9.17) is 0 Å². The maximum atomic E-state index is 2.68. The van der Waals surface area contributed by atoms with E-state index >= 15 is 0 Å². The molecule has 2 unspecified atom stereocenters. The molecule has 1 heterocycles. The Bertz CT molecular complexity index is 133. The van der Waals surface area contributed by atoms with Crippen LogP contribution < -0.4 is 0 Å². The van der Waals surface area contributed by atoms with Crippen LogP contribution in [0.2, 0.25) is 0 Å². The fraction of sp³-hybridized carbons (Fsp3) is 1.00. The van der Waals surface area contributed by atoms with Crippen LogP contribution in [-0.2, 0) is 0 Å². The Morgan fingerprint density at radius 2 is 2.18 bits per heavy atom. The van der Waals surface area contributed by atoms with E-state index in [2.05, 4.69) is 11.8 Å². The van der Waals surface area contributed by atoms with E-state index in [0.29, 0.717) is 0 Å². The highest BCUT2D eigenvalue weighted by molar-refractivity contribution is 4.85. The maximum absolute atomic E-state index is 2.68. The van der Waals surface area contributed by atoms with Gasteiger partial charge in [0.2, 0.25) is 0 Å². The van der Waals surface area contributed by atoms with E-state index < -0.39 is 0 Å². The molecule has 64 valence electrons. The summed E-state index contributed by atoms with van der Waals surface area (Å²) in [5.41, 5.74) is 0. The molecule has 2 bridgehead atoms. The average molecular weight is 153 g/mol. The van der Waals surface area contributed by atoms with Gasteiger partial charge in [0.1, 0.15) is 0 Å². The first kappa shape index (κ1) is 7.60. The Morgan fingerprint density at radius 1 is 1.27 bits per heavy atom. The normalized spacial score (nSPS) is 39.0. The third kappa shape index (κ3) is 1.44. The highest BCUT2D eigenvalue weighted by atomic mass is 15.2. The Labute approximate surface area is 69.8 Å². The van der Waals surface area contributed by atoms with Gasteiger partial charge in [-0.25, -0.2) is 0 Å². The van der Waals surface area contributed by atoms with Gasteiger partial charge in [0.25, 0.3) is 0 Å². The summed E-state index contributed by atoms with van der Waals surface area (Å²) < 4.78 is 0. The average Bonchev–Trinajstić information content (AvgIpc) is 2.06. The fourth-order valence-electron chi connectivity index (χ4n) is 2.80. The predicted octanol–water partition coefficient (Wildman–Crippen LogP) is 2.27. The van der Waals surface area contributed by atoms with Gasteiger partial charge >= 0.3 is 0 Å². The van der Waals surface area contributed by atoms with Crippen molar-refractivity contribution < 1.29 is 0 Å². The summed E-state index contributed by atoms with van der Waals surface area (Å²) in [6.07, 6.45) is 7.47. The second-order valence-electron chi connectivity index (χ2n) is 4.10. The van der Waals surface area contributed by atoms with E-state index in [0.717, 1.165) is 12.0 Å². The molecule has 0 N–H and O–H groups in total. The molecule has 2 rings (SSSR count). The van der Waals surface area contributed by atoms with Gasteiger partial charge < -0.3 is 4.90 Å². The zero-order chi connectivity index (χ0) is 7.68. The lowest BCUT2D eigenvalue weighted by molar-refractivity contribution is 0.0785. The van der Waals surface area contributed by atoms with Gasteiger partial charge in [-0.1, -0.05) is 19.8 Å². The van der Waals surface area contributed by atoms with Gasteiger partial charge in [-0.3, -0.25) is 0 Å². The van der Waals surface area contributed by atoms with E-state index in [1.807, 2.05) is 0 Å². The van der Waals surface area contributed by atoms with Crippen LogP contribution in [0.1, 0.15) is 39.0 Å². The molecule has 2 fully saturated rings. The SMILES string of the molecule is CCN1CCC2CCCC1C2. The van der Waals surface area contributed by atoms with Crippen LogP contribution in [-0.4, -0.2) is 24.0 Å². The summed E-state index contributed by atoms with van der Waals surface area (Å²) >= 11 is 0. The Kier molecular flexibility index (Phi) is 2.17. The van der Waals surface area contributed by atoms with Crippen molar-refractivity contribution >= 4 is 0 Å². The van der Waals surface area contributed by atoms with E-state index in [-0.39, 0.29) is 0 Å². The fourth-order valence-corrected chi connectivity index (χ4v) is 2.80. The molecule has 1 saturated carbocycles. The number of hydrogen-bond donors (Lipinski definition) is 0. The number of piperidine rings is 1. The van der Waals surface area contributed by atoms with E-state index in [9.17, 15) is 0 Å². The molecular weight excluding hydrogens is 134 g/mol. The largest absolute Gasteiger partial charge is 0.301 e. The highest BCUT2D eigenvalue weighted by Gasteiger charge is 2.30. The van der Waals surface area contributed by atoms with Crippen molar-refractivity contribution in [1.82, 2.24) is 4.90 Å². The monoisotopic (exact) mass is 153 g/mol. The van der Waals surface area contributed by atoms with Crippen molar-refractivity contribution in [3.63, 3.8) is 0 Å². The minimum absolute atomic E-state index is 0.965.